The van der Waals surface area contributed by atoms with E-state index in [2.05, 4.69) is 31.2 Å². The van der Waals surface area contributed by atoms with Crippen LogP contribution in [0, 0.1) is 0 Å². The summed E-state index contributed by atoms with van der Waals surface area (Å²) >= 11 is 0. The average molecular weight is 551 g/mol. The third kappa shape index (κ3) is 7.49. The summed E-state index contributed by atoms with van der Waals surface area (Å²) < 4.78 is 52.1. The second-order valence-corrected chi connectivity index (χ2v) is 9.70. The third-order valence-electron chi connectivity index (χ3n) is 6.84. The average Bonchev–Trinajstić information content (AvgIpc) is 2.90. The topological polar surface area (TPSA) is 127 Å². The van der Waals surface area contributed by atoms with Crippen LogP contribution in [-0.4, -0.2) is 60.2 Å². The molecule has 13 heteroatoms. The van der Waals surface area contributed by atoms with Gasteiger partial charge in [-0.3, -0.25) is 9.59 Å². The molecule has 2 aromatic rings. The molecule has 2 atom stereocenters. The van der Waals surface area contributed by atoms with Gasteiger partial charge in [0.2, 0.25) is 11.9 Å². The van der Waals surface area contributed by atoms with E-state index in [1.54, 1.807) is 18.2 Å². The minimum Gasteiger partial charge on any atom is -0.495 e. The molecular formula is C26H33F3N6O4. The van der Waals surface area contributed by atoms with Gasteiger partial charge in [0, 0.05) is 50.0 Å². The second kappa shape index (κ2) is 12.5. The largest absolute Gasteiger partial charge is 0.495 e. The number of aromatic nitrogens is 2. The zero-order valence-electron chi connectivity index (χ0n) is 21.9. The van der Waals surface area contributed by atoms with Crippen LogP contribution in [0.1, 0.15) is 61.4 Å². The number of halogens is 3. The third-order valence-corrected chi connectivity index (χ3v) is 6.84. The van der Waals surface area contributed by atoms with E-state index in [4.69, 9.17) is 9.47 Å². The van der Waals surface area contributed by atoms with Crippen LogP contribution in [0.2, 0.25) is 0 Å². The molecule has 10 nitrogen and oxygen atoms in total. The standard InChI is InChI=1S/C26H33F3N6O4/c1-15(36)31-19-5-3-4-6-20(19)33-23-18(26(27,28)29)14-30-25(35-23)34-21-8-7-16(13-22(21)38-2)24(37)32-17-9-11-39-12-10-17/h7-8,13-14,17,19-20H,3-6,9-12H2,1-2H3,(H,31,36)(H,32,37)(H2,30,33,34,35). The zero-order valence-corrected chi connectivity index (χ0v) is 21.9. The van der Waals surface area contributed by atoms with E-state index in [9.17, 15) is 22.8 Å². The molecule has 1 saturated carbocycles. The number of alkyl halides is 3. The predicted octanol–water partition coefficient (Wildman–Crippen LogP) is 4.02. The summed E-state index contributed by atoms with van der Waals surface area (Å²) in [6, 6.07) is 4.00. The number of benzene rings is 1. The van der Waals surface area contributed by atoms with Crippen LogP contribution >= 0.6 is 0 Å². The normalized spacial score (nSPS) is 20.1. The molecule has 39 heavy (non-hydrogen) atoms. The fourth-order valence-electron chi connectivity index (χ4n) is 4.84. The Bertz CT molecular complexity index is 1170. The van der Waals surface area contributed by atoms with E-state index in [0.717, 1.165) is 31.9 Å². The van der Waals surface area contributed by atoms with E-state index < -0.39 is 17.8 Å². The van der Waals surface area contributed by atoms with Crippen LogP contribution in [0.4, 0.5) is 30.6 Å². The van der Waals surface area contributed by atoms with Crippen molar-refractivity contribution >= 4 is 29.3 Å². The molecule has 4 rings (SSSR count). The fourth-order valence-corrected chi connectivity index (χ4v) is 4.84. The van der Waals surface area contributed by atoms with E-state index in [1.165, 1.54) is 14.0 Å². The first kappa shape index (κ1) is 28.4. The molecule has 0 spiro atoms. The summed E-state index contributed by atoms with van der Waals surface area (Å²) in [5.41, 5.74) is -0.257. The molecule has 1 saturated heterocycles. The number of rotatable bonds is 8. The Balaban J connectivity index is 1.54. The Hall–Kier alpha value is -3.61. The van der Waals surface area contributed by atoms with E-state index in [1.807, 2.05) is 0 Å². The number of ether oxygens (including phenoxy) is 2. The first-order valence-electron chi connectivity index (χ1n) is 13.0. The Morgan fingerprint density at radius 1 is 1.05 bits per heavy atom. The van der Waals surface area contributed by atoms with Crippen molar-refractivity contribution in [2.45, 2.75) is 69.8 Å². The van der Waals surface area contributed by atoms with Gasteiger partial charge in [-0.25, -0.2) is 4.98 Å². The number of hydrogen-bond donors (Lipinski definition) is 4. The van der Waals surface area contributed by atoms with Crippen LogP contribution in [0.15, 0.2) is 24.4 Å². The number of anilines is 3. The Labute approximate surface area is 224 Å². The van der Waals surface area contributed by atoms with Gasteiger partial charge < -0.3 is 30.7 Å². The van der Waals surface area contributed by atoms with Crippen molar-refractivity contribution in [1.29, 1.82) is 0 Å². The highest BCUT2D eigenvalue weighted by Gasteiger charge is 2.37. The van der Waals surface area contributed by atoms with Crippen LogP contribution < -0.4 is 26.0 Å². The number of carbonyl (C=O) groups excluding carboxylic acids is 2. The highest BCUT2D eigenvalue weighted by Crippen LogP contribution is 2.36. The lowest BCUT2D eigenvalue weighted by molar-refractivity contribution is -0.137. The summed E-state index contributed by atoms with van der Waals surface area (Å²) in [6.45, 7) is 2.57. The number of carbonyl (C=O) groups is 2. The lowest BCUT2D eigenvalue weighted by Gasteiger charge is -2.33. The molecule has 2 heterocycles. The maximum atomic E-state index is 13.8. The molecule has 2 aliphatic rings. The van der Waals surface area contributed by atoms with Gasteiger partial charge in [0.1, 0.15) is 17.1 Å². The minimum atomic E-state index is -4.68. The molecule has 1 aromatic carbocycles. The van der Waals surface area contributed by atoms with Crippen molar-refractivity contribution in [3.8, 4) is 5.75 Å². The quantitative estimate of drug-likeness (QED) is 0.388. The summed E-state index contributed by atoms with van der Waals surface area (Å²) in [6.07, 6.45) is 0.422. The predicted molar refractivity (Wildman–Crippen MR) is 138 cm³/mol. The maximum Gasteiger partial charge on any atom is 0.421 e. The monoisotopic (exact) mass is 550 g/mol. The van der Waals surface area contributed by atoms with Crippen molar-refractivity contribution in [3.63, 3.8) is 0 Å². The van der Waals surface area contributed by atoms with Crippen molar-refractivity contribution in [3.05, 3.63) is 35.5 Å². The van der Waals surface area contributed by atoms with Crippen molar-refractivity contribution < 1.29 is 32.2 Å². The van der Waals surface area contributed by atoms with Crippen molar-refractivity contribution in [2.75, 3.05) is 31.0 Å². The smallest absolute Gasteiger partial charge is 0.421 e. The van der Waals surface area contributed by atoms with Crippen LogP contribution in [0.3, 0.4) is 0 Å². The van der Waals surface area contributed by atoms with Crippen molar-refractivity contribution in [1.82, 2.24) is 20.6 Å². The minimum absolute atomic E-state index is 0.0240. The Morgan fingerprint density at radius 3 is 2.44 bits per heavy atom. The Morgan fingerprint density at radius 2 is 1.77 bits per heavy atom. The summed E-state index contributed by atoms with van der Waals surface area (Å²) in [4.78, 5) is 32.4. The van der Waals surface area contributed by atoms with Crippen LogP contribution in [0.5, 0.6) is 5.75 Å². The van der Waals surface area contributed by atoms with Gasteiger partial charge in [0.25, 0.3) is 5.91 Å². The fraction of sp³-hybridized carbons (Fsp3) is 0.538. The summed E-state index contributed by atoms with van der Waals surface area (Å²) in [5.74, 6) is -0.675. The summed E-state index contributed by atoms with van der Waals surface area (Å²) in [7, 11) is 1.42. The van der Waals surface area contributed by atoms with Gasteiger partial charge in [0.15, 0.2) is 0 Å². The van der Waals surface area contributed by atoms with Gasteiger partial charge in [-0.2, -0.15) is 18.2 Å². The molecule has 2 unspecified atom stereocenters. The number of nitrogens with zero attached hydrogens (tertiary/aromatic N) is 2. The van der Waals surface area contributed by atoms with E-state index in [-0.39, 0.29) is 35.7 Å². The van der Waals surface area contributed by atoms with E-state index >= 15 is 0 Å². The first-order chi connectivity index (χ1) is 18.6. The molecule has 1 aromatic heterocycles. The van der Waals surface area contributed by atoms with Crippen molar-refractivity contribution in [2.24, 2.45) is 0 Å². The second-order valence-electron chi connectivity index (χ2n) is 9.70. The maximum absolute atomic E-state index is 13.8. The molecule has 2 amide bonds. The van der Waals surface area contributed by atoms with E-state index in [0.29, 0.717) is 43.1 Å². The zero-order chi connectivity index (χ0) is 28.0. The van der Waals surface area contributed by atoms with Gasteiger partial charge in [0.05, 0.1) is 12.8 Å². The lowest BCUT2D eigenvalue weighted by Crippen LogP contribution is -2.48. The molecule has 0 bridgehead atoms. The van der Waals surface area contributed by atoms with Crippen LogP contribution in [0.25, 0.3) is 0 Å². The molecule has 212 valence electrons. The molecular weight excluding hydrogens is 517 g/mol. The first-order valence-corrected chi connectivity index (χ1v) is 13.0. The van der Waals surface area contributed by atoms with Gasteiger partial charge in [-0.1, -0.05) is 12.8 Å². The summed E-state index contributed by atoms with van der Waals surface area (Å²) in [5, 5.41) is 11.6. The number of nitrogens with one attached hydrogen (secondary N) is 4. The number of hydrogen-bond acceptors (Lipinski definition) is 8. The molecule has 2 fully saturated rings. The molecule has 1 aliphatic heterocycles. The molecule has 1 aliphatic carbocycles. The molecule has 0 radical (unpaired) electrons. The molecule has 4 N–H and O–H groups in total. The van der Waals surface area contributed by atoms with Gasteiger partial charge in [-0.15, -0.1) is 0 Å². The number of methoxy groups -OCH3 is 1. The van der Waals surface area contributed by atoms with Gasteiger partial charge >= 0.3 is 6.18 Å². The van der Waals surface area contributed by atoms with Crippen LogP contribution in [-0.2, 0) is 15.7 Å². The SMILES string of the molecule is COc1cc(C(=O)NC2CCOCC2)ccc1Nc1ncc(C(F)(F)F)c(NC2CCCCC2NC(C)=O)n1. The lowest BCUT2D eigenvalue weighted by atomic mass is 9.90. The Kier molecular flexibility index (Phi) is 9.10. The highest BCUT2D eigenvalue weighted by atomic mass is 19.4. The highest BCUT2D eigenvalue weighted by molar-refractivity contribution is 5.95. The van der Waals surface area contributed by atoms with Gasteiger partial charge in [-0.05, 0) is 43.9 Å². The number of amides is 2.